The first-order valence-electron chi connectivity index (χ1n) is 8.72. The van der Waals surface area contributed by atoms with Gasteiger partial charge in [0, 0.05) is 17.2 Å². The highest BCUT2D eigenvalue weighted by molar-refractivity contribution is 7.86. The lowest BCUT2D eigenvalue weighted by atomic mass is 9.82. The highest BCUT2D eigenvalue weighted by Gasteiger charge is 2.35. The first kappa shape index (κ1) is 19.6. The van der Waals surface area contributed by atoms with Crippen molar-refractivity contribution in [2.24, 2.45) is 0 Å². The summed E-state index contributed by atoms with van der Waals surface area (Å²) in [6.07, 6.45) is 0. The van der Waals surface area contributed by atoms with Gasteiger partial charge in [0.1, 0.15) is 10.6 Å². The minimum Gasteiger partial charge on any atom is -0.507 e. The Kier molecular flexibility index (Phi) is 4.37. The summed E-state index contributed by atoms with van der Waals surface area (Å²) in [4.78, 5) is 25.2. The van der Waals surface area contributed by atoms with E-state index in [0.717, 1.165) is 6.07 Å². The number of hydrogen-bond donors (Lipinski definition) is 4. The van der Waals surface area contributed by atoms with Gasteiger partial charge in [0.05, 0.1) is 22.5 Å². The third-order valence-electron chi connectivity index (χ3n) is 4.83. The molecule has 30 heavy (non-hydrogen) atoms. The van der Waals surface area contributed by atoms with Crippen molar-refractivity contribution in [2.75, 3.05) is 5.32 Å². The summed E-state index contributed by atoms with van der Waals surface area (Å²) in [7, 11) is -4.60. The van der Waals surface area contributed by atoms with E-state index in [-0.39, 0.29) is 33.6 Å². The standard InChI is InChI=1S/C21H15NO7S/c1-10-6-7-13(16(8-10)30(27,28)29)22-14-9-15(23)17-18(21(14)26)20(25)12-5-3-2-4-11(12)19(17)24/h2-9,22-23,26H,1H3,(H,27,28,29). The molecule has 0 atom stereocenters. The predicted molar refractivity (Wildman–Crippen MR) is 107 cm³/mol. The molecule has 0 fully saturated rings. The minimum absolute atomic E-state index is 0.0795. The molecule has 0 amide bonds. The molecule has 0 bridgehead atoms. The van der Waals surface area contributed by atoms with Gasteiger partial charge in [-0.1, -0.05) is 30.3 Å². The average Bonchev–Trinajstić information content (AvgIpc) is 2.69. The Morgan fingerprint density at radius 1 is 0.833 bits per heavy atom. The lowest BCUT2D eigenvalue weighted by molar-refractivity contribution is 0.0974. The average molecular weight is 425 g/mol. The highest BCUT2D eigenvalue weighted by atomic mass is 32.2. The fraction of sp³-hybridized carbons (Fsp3) is 0.0476. The Balaban J connectivity index is 1.90. The van der Waals surface area contributed by atoms with Crippen LogP contribution in [0.15, 0.2) is 53.4 Å². The number of rotatable bonds is 3. The molecule has 0 saturated carbocycles. The molecule has 152 valence electrons. The Labute approximate surface area is 171 Å². The van der Waals surface area contributed by atoms with Crippen molar-refractivity contribution in [1.82, 2.24) is 0 Å². The van der Waals surface area contributed by atoms with Crippen LogP contribution < -0.4 is 5.32 Å². The maximum absolute atomic E-state index is 12.9. The maximum Gasteiger partial charge on any atom is 0.296 e. The van der Waals surface area contributed by atoms with Gasteiger partial charge in [-0.05, 0) is 24.6 Å². The van der Waals surface area contributed by atoms with Crippen molar-refractivity contribution in [3.8, 4) is 11.5 Å². The van der Waals surface area contributed by atoms with Crippen LogP contribution >= 0.6 is 0 Å². The van der Waals surface area contributed by atoms with Gasteiger partial charge in [-0.3, -0.25) is 14.1 Å². The van der Waals surface area contributed by atoms with Crippen LogP contribution in [0.3, 0.4) is 0 Å². The van der Waals surface area contributed by atoms with E-state index in [1.54, 1.807) is 25.1 Å². The molecule has 0 aromatic heterocycles. The Bertz CT molecular complexity index is 1360. The van der Waals surface area contributed by atoms with E-state index in [0.29, 0.717) is 5.56 Å². The van der Waals surface area contributed by atoms with Crippen LogP contribution in [0.25, 0.3) is 0 Å². The van der Waals surface area contributed by atoms with Gasteiger partial charge in [-0.15, -0.1) is 0 Å². The van der Waals surface area contributed by atoms with Crippen LogP contribution in [0.4, 0.5) is 11.4 Å². The van der Waals surface area contributed by atoms with Gasteiger partial charge in [0.2, 0.25) is 0 Å². The van der Waals surface area contributed by atoms with Gasteiger partial charge in [-0.2, -0.15) is 8.42 Å². The van der Waals surface area contributed by atoms with E-state index in [1.807, 2.05) is 0 Å². The number of hydrogen-bond acceptors (Lipinski definition) is 7. The number of carbonyl (C=O) groups excluding carboxylic acids is 2. The molecule has 4 N–H and O–H groups in total. The first-order chi connectivity index (χ1) is 14.1. The van der Waals surface area contributed by atoms with Gasteiger partial charge in [-0.25, -0.2) is 0 Å². The summed E-state index contributed by atoms with van der Waals surface area (Å²) in [6.45, 7) is 1.63. The maximum atomic E-state index is 12.9. The second-order valence-electron chi connectivity index (χ2n) is 6.85. The normalized spacial score (nSPS) is 13.0. The number of phenolic OH excluding ortho intramolecular Hbond substituents is 2. The van der Waals surface area contributed by atoms with E-state index in [2.05, 4.69) is 5.32 Å². The molecule has 0 radical (unpaired) electrons. The van der Waals surface area contributed by atoms with Crippen LogP contribution in [0, 0.1) is 6.92 Å². The van der Waals surface area contributed by atoms with Crippen molar-refractivity contribution in [3.63, 3.8) is 0 Å². The van der Waals surface area contributed by atoms with E-state index in [4.69, 9.17) is 0 Å². The zero-order valence-corrected chi connectivity index (χ0v) is 16.3. The third kappa shape index (κ3) is 3.00. The van der Waals surface area contributed by atoms with Crippen LogP contribution in [-0.2, 0) is 10.1 Å². The molecule has 0 saturated heterocycles. The zero-order chi connectivity index (χ0) is 21.8. The number of aromatic hydroxyl groups is 2. The lowest BCUT2D eigenvalue weighted by Crippen LogP contribution is -2.21. The number of nitrogens with one attached hydrogen (secondary N) is 1. The van der Waals surface area contributed by atoms with E-state index in [9.17, 15) is 32.8 Å². The Hall–Kier alpha value is -3.69. The lowest BCUT2D eigenvalue weighted by Gasteiger charge is -2.21. The molecule has 1 aliphatic carbocycles. The van der Waals surface area contributed by atoms with Crippen LogP contribution in [0.2, 0.25) is 0 Å². The number of ketones is 2. The second-order valence-corrected chi connectivity index (χ2v) is 8.24. The van der Waals surface area contributed by atoms with E-state index in [1.165, 1.54) is 24.3 Å². The first-order valence-corrected chi connectivity index (χ1v) is 10.2. The number of benzene rings is 3. The minimum atomic E-state index is -4.60. The van der Waals surface area contributed by atoms with Gasteiger partial charge < -0.3 is 15.5 Å². The summed E-state index contributed by atoms with van der Waals surface area (Å²) < 4.78 is 32.9. The molecule has 3 aromatic carbocycles. The zero-order valence-electron chi connectivity index (χ0n) is 15.5. The Morgan fingerprint density at radius 2 is 1.43 bits per heavy atom. The van der Waals surface area contributed by atoms with Crippen molar-refractivity contribution in [3.05, 3.63) is 76.3 Å². The van der Waals surface area contributed by atoms with E-state index >= 15 is 0 Å². The van der Waals surface area contributed by atoms with Crippen LogP contribution in [0.5, 0.6) is 11.5 Å². The van der Waals surface area contributed by atoms with Crippen LogP contribution in [-0.4, -0.2) is 34.8 Å². The number of phenols is 2. The summed E-state index contributed by atoms with van der Waals surface area (Å²) in [6, 6.07) is 11.2. The molecule has 0 heterocycles. The predicted octanol–water partition coefficient (Wildman–Crippen LogP) is 3.17. The second kappa shape index (κ2) is 6.68. The number of carbonyl (C=O) groups is 2. The SMILES string of the molecule is Cc1ccc(Nc2cc(O)c3c(c2O)C(=O)c2ccccc2C3=O)c(S(=O)(=O)O)c1. The van der Waals surface area contributed by atoms with Crippen molar-refractivity contribution in [2.45, 2.75) is 11.8 Å². The monoisotopic (exact) mass is 425 g/mol. The summed E-state index contributed by atoms with van der Waals surface area (Å²) in [5.74, 6) is -2.46. The van der Waals surface area contributed by atoms with Gasteiger partial charge >= 0.3 is 0 Å². The summed E-state index contributed by atoms with van der Waals surface area (Å²) in [5, 5.41) is 23.8. The molecule has 3 aromatic rings. The highest BCUT2D eigenvalue weighted by Crippen LogP contribution is 2.43. The quantitative estimate of drug-likeness (QED) is 0.223. The molecule has 4 rings (SSSR count). The molecule has 8 nitrogen and oxygen atoms in total. The topological polar surface area (TPSA) is 141 Å². The molecule has 0 unspecified atom stereocenters. The molecule has 9 heteroatoms. The van der Waals surface area contributed by atoms with Crippen LogP contribution in [0.1, 0.15) is 37.4 Å². The Morgan fingerprint density at radius 3 is 2.03 bits per heavy atom. The molecule has 0 aliphatic heterocycles. The molecular formula is C21H15NO7S. The van der Waals surface area contributed by atoms with Crippen molar-refractivity contribution >= 4 is 33.1 Å². The van der Waals surface area contributed by atoms with Gasteiger partial charge in [0.15, 0.2) is 17.3 Å². The third-order valence-corrected chi connectivity index (χ3v) is 5.73. The fourth-order valence-corrected chi connectivity index (χ4v) is 4.18. The number of aryl methyl sites for hydroxylation is 1. The molecule has 1 aliphatic rings. The molecule has 0 spiro atoms. The summed E-state index contributed by atoms with van der Waals surface area (Å²) in [5.41, 5.74) is -0.271. The molecular weight excluding hydrogens is 410 g/mol. The van der Waals surface area contributed by atoms with Crippen molar-refractivity contribution < 1.29 is 32.8 Å². The van der Waals surface area contributed by atoms with E-state index < -0.39 is 38.1 Å². The summed E-state index contributed by atoms with van der Waals surface area (Å²) >= 11 is 0. The number of fused-ring (bicyclic) bond motifs is 2. The number of anilines is 2. The van der Waals surface area contributed by atoms with Gasteiger partial charge in [0.25, 0.3) is 10.1 Å². The fourth-order valence-electron chi connectivity index (χ4n) is 3.44. The smallest absolute Gasteiger partial charge is 0.296 e. The van der Waals surface area contributed by atoms with Crippen molar-refractivity contribution in [1.29, 1.82) is 0 Å². The largest absolute Gasteiger partial charge is 0.507 e.